The summed E-state index contributed by atoms with van der Waals surface area (Å²) in [4.78, 5) is 0. The lowest BCUT2D eigenvalue weighted by atomic mass is 10.0. The fourth-order valence-electron chi connectivity index (χ4n) is 3.21. The smallest absolute Gasteiger partial charge is 0.201 e. The Balaban J connectivity index is 2.68. The van der Waals surface area contributed by atoms with Gasteiger partial charge in [0.15, 0.2) is 6.20 Å². The SMILES string of the molecule is Cc1ccccc1-c1cc(C[Si](C)(C)C)c([Si](C)(C)C)c[n+]1C. The van der Waals surface area contributed by atoms with Gasteiger partial charge in [0, 0.05) is 24.9 Å². The zero-order valence-electron chi connectivity index (χ0n) is 16.1. The van der Waals surface area contributed by atoms with E-state index in [9.17, 15) is 0 Å². The molecule has 0 unspecified atom stereocenters. The highest BCUT2D eigenvalue weighted by Crippen LogP contribution is 2.22. The molecular formula is C20H32NSi2+. The molecule has 0 bridgehead atoms. The van der Waals surface area contributed by atoms with Crippen molar-refractivity contribution < 1.29 is 4.57 Å². The van der Waals surface area contributed by atoms with Crippen molar-refractivity contribution in [3.05, 3.63) is 47.7 Å². The van der Waals surface area contributed by atoms with Gasteiger partial charge in [-0.05, 0) is 30.2 Å². The van der Waals surface area contributed by atoms with Gasteiger partial charge in [-0.1, -0.05) is 57.5 Å². The minimum atomic E-state index is -1.35. The molecule has 0 aliphatic carbocycles. The summed E-state index contributed by atoms with van der Waals surface area (Å²) in [6.07, 6.45) is 2.42. The zero-order valence-corrected chi connectivity index (χ0v) is 18.1. The highest BCUT2D eigenvalue weighted by Gasteiger charge is 2.28. The third-order valence-electron chi connectivity index (χ3n) is 4.31. The average Bonchev–Trinajstić information content (AvgIpc) is 2.38. The molecule has 0 aliphatic rings. The van der Waals surface area contributed by atoms with Gasteiger partial charge in [0.25, 0.3) is 0 Å². The van der Waals surface area contributed by atoms with Crippen molar-refractivity contribution in [3.63, 3.8) is 0 Å². The summed E-state index contributed by atoms with van der Waals surface area (Å²) in [5.41, 5.74) is 5.65. The van der Waals surface area contributed by atoms with Crippen LogP contribution in [0.3, 0.4) is 0 Å². The first-order chi connectivity index (χ1) is 10.5. The Hall–Kier alpha value is -1.20. The van der Waals surface area contributed by atoms with Gasteiger partial charge in [-0.15, -0.1) is 0 Å². The third-order valence-corrected chi connectivity index (χ3v) is 7.82. The number of nitrogens with zero attached hydrogens (tertiary/aromatic N) is 1. The molecule has 1 nitrogen and oxygen atoms in total. The molecule has 0 atom stereocenters. The maximum atomic E-state index is 2.48. The molecule has 2 rings (SSSR count). The minimum Gasteiger partial charge on any atom is -0.201 e. The molecule has 0 saturated carbocycles. The monoisotopic (exact) mass is 342 g/mol. The zero-order chi connectivity index (χ0) is 17.4. The largest absolute Gasteiger partial charge is 0.212 e. The van der Waals surface area contributed by atoms with Crippen molar-refractivity contribution in [1.82, 2.24) is 0 Å². The van der Waals surface area contributed by atoms with E-state index in [4.69, 9.17) is 0 Å². The third kappa shape index (κ3) is 4.42. The molecule has 0 radical (unpaired) electrons. The number of hydrogen-bond acceptors (Lipinski definition) is 0. The van der Waals surface area contributed by atoms with E-state index in [2.05, 4.69) is 94.3 Å². The fourth-order valence-corrected chi connectivity index (χ4v) is 6.53. The summed E-state index contributed by atoms with van der Waals surface area (Å²) in [6.45, 7) is 17.0. The van der Waals surface area contributed by atoms with Crippen LogP contribution in [-0.4, -0.2) is 16.1 Å². The Bertz CT molecular complexity index is 707. The van der Waals surface area contributed by atoms with Crippen LogP contribution in [0.25, 0.3) is 11.3 Å². The Kier molecular flexibility index (Phi) is 5.02. The standard InChI is InChI=1S/C20H32NSi2/c1-16-11-9-10-12-18(16)19-13-17(15-22(3,4)5)20(14-21(19)2)23(6,7)8/h9-14H,15H2,1-8H3/q+1. The summed E-state index contributed by atoms with van der Waals surface area (Å²) in [5.74, 6) is 0. The van der Waals surface area contributed by atoms with Gasteiger partial charge in [0.2, 0.25) is 5.69 Å². The molecule has 23 heavy (non-hydrogen) atoms. The predicted octanol–water partition coefficient (Wildman–Crippen LogP) is 4.45. The van der Waals surface area contributed by atoms with E-state index in [0.717, 1.165) is 0 Å². The van der Waals surface area contributed by atoms with Crippen LogP contribution in [0.5, 0.6) is 0 Å². The number of hydrogen-bond donors (Lipinski definition) is 0. The summed E-state index contributed by atoms with van der Waals surface area (Å²) in [5, 5.41) is 1.62. The number of rotatable bonds is 4. The van der Waals surface area contributed by atoms with Crippen LogP contribution in [0.2, 0.25) is 39.3 Å². The molecule has 0 N–H and O–H groups in total. The van der Waals surface area contributed by atoms with Crippen LogP contribution in [0.4, 0.5) is 0 Å². The van der Waals surface area contributed by atoms with E-state index in [1.54, 1.807) is 10.8 Å². The topological polar surface area (TPSA) is 3.88 Å². The van der Waals surface area contributed by atoms with Crippen LogP contribution < -0.4 is 9.75 Å². The van der Waals surface area contributed by atoms with E-state index in [-0.39, 0.29) is 0 Å². The fraction of sp³-hybridized carbons (Fsp3) is 0.450. The van der Waals surface area contributed by atoms with E-state index in [0.29, 0.717) is 0 Å². The maximum absolute atomic E-state index is 2.48. The molecule has 124 valence electrons. The van der Waals surface area contributed by atoms with Crippen molar-refractivity contribution in [3.8, 4) is 11.3 Å². The lowest BCUT2D eigenvalue weighted by Crippen LogP contribution is -2.48. The van der Waals surface area contributed by atoms with Crippen LogP contribution >= 0.6 is 0 Å². The predicted molar refractivity (Wildman–Crippen MR) is 108 cm³/mol. The van der Waals surface area contributed by atoms with Crippen molar-refractivity contribution >= 4 is 21.3 Å². The Morgan fingerprint density at radius 3 is 2.09 bits per heavy atom. The lowest BCUT2D eigenvalue weighted by Gasteiger charge is -2.24. The molecule has 1 aromatic heterocycles. The van der Waals surface area contributed by atoms with Crippen molar-refractivity contribution in [2.75, 3.05) is 0 Å². The van der Waals surface area contributed by atoms with Gasteiger partial charge < -0.3 is 0 Å². The van der Waals surface area contributed by atoms with Gasteiger partial charge >= 0.3 is 0 Å². The van der Waals surface area contributed by atoms with Crippen LogP contribution in [-0.2, 0) is 13.1 Å². The van der Waals surface area contributed by atoms with Gasteiger partial charge in [-0.3, -0.25) is 0 Å². The van der Waals surface area contributed by atoms with Gasteiger partial charge in [0.1, 0.15) is 7.05 Å². The molecular weight excluding hydrogens is 310 g/mol. The molecule has 2 aromatic rings. The first kappa shape index (κ1) is 18.1. The van der Waals surface area contributed by atoms with Crippen LogP contribution in [0, 0.1) is 6.92 Å². The van der Waals surface area contributed by atoms with E-state index < -0.39 is 16.1 Å². The minimum absolute atomic E-state index is 1.15. The normalized spacial score (nSPS) is 12.5. The first-order valence-electron chi connectivity index (χ1n) is 8.58. The number of aryl methyl sites for hydroxylation is 2. The highest BCUT2D eigenvalue weighted by molar-refractivity contribution is 6.89. The lowest BCUT2D eigenvalue weighted by molar-refractivity contribution is -0.659. The second-order valence-corrected chi connectivity index (χ2v) is 19.5. The molecule has 1 heterocycles. The average molecular weight is 343 g/mol. The number of pyridine rings is 1. The van der Waals surface area contributed by atoms with E-state index in [1.165, 1.54) is 22.9 Å². The highest BCUT2D eigenvalue weighted by atomic mass is 28.3. The quantitative estimate of drug-likeness (QED) is 0.571. The second kappa shape index (κ2) is 6.36. The molecule has 0 aliphatic heterocycles. The van der Waals surface area contributed by atoms with Crippen LogP contribution in [0.15, 0.2) is 36.5 Å². The first-order valence-corrected chi connectivity index (χ1v) is 15.8. The van der Waals surface area contributed by atoms with Gasteiger partial charge in [-0.25, -0.2) is 4.57 Å². The molecule has 3 heteroatoms. The Morgan fingerprint density at radius 2 is 1.57 bits per heavy atom. The molecule has 0 amide bonds. The van der Waals surface area contributed by atoms with Gasteiger partial charge in [0.05, 0.1) is 8.07 Å². The van der Waals surface area contributed by atoms with Crippen molar-refractivity contribution in [2.24, 2.45) is 7.05 Å². The Morgan fingerprint density at radius 1 is 0.957 bits per heavy atom. The van der Waals surface area contributed by atoms with Crippen molar-refractivity contribution in [1.29, 1.82) is 0 Å². The summed E-state index contributed by atoms with van der Waals surface area (Å²) in [7, 11) is -0.297. The maximum Gasteiger partial charge on any atom is 0.212 e. The van der Waals surface area contributed by atoms with E-state index in [1.807, 2.05) is 0 Å². The molecule has 0 spiro atoms. The molecule has 0 fully saturated rings. The van der Waals surface area contributed by atoms with E-state index >= 15 is 0 Å². The van der Waals surface area contributed by atoms with Crippen LogP contribution in [0.1, 0.15) is 11.1 Å². The van der Waals surface area contributed by atoms with Crippen molar-refractivity contribution in [2.45, 2.75) is 52.2 Å². The molecule has 0 saturated heterocycles. The summed E-state index contributed by atoms with van der Waals surface area (Å²) < 4.78 is 2.34. The summed E-state index contributed by atoms with van der Waals surface area (Å²) >= 11 is 0. The summed E-state index contributed by atoms with van der Waals surface area (Å²) in [6, 6.07) is 12.5. The van der Waals surface area contributed by atoms with Gasteiger partial charge in [-0.2, -0.15) is 0 Å². The Labute approximate surface area is 144 Å². The number of benzene rings is 1. The molecule has 1 aromatic carbocycles. The number of aromatic nitrogens is 1. The second-order valence-electron chi connectivity index (χ2n) is 9.01.